The molecule has 82 valence electrons. The van der Waals surface area contributed by atoms with Crippen LogP contribution in [0.4, 0.5) is 0 Å². The average Bonchev–Trinajstić information content (AvgIpc) is 2.60. The summed E-state index contributed by atoms with van der Waals surface area (Å²) in [7, 11) is 0. The first-order valence-corrected chi connectivity index (χ1v) is 5.06. The van der Waals surface area contributed by atoms with Gasteiger partial charge in [0.2, 0.25) is 0 Å². The zero-order valence-corrected chi connectivity index (χ0v) is 8.53. The van der Waals surface area contributed by atoms with Crippen molar-refractivity contribution in [2.24, 2.45) is 22.4 Å². The second kappa shape index (κ2) is 3.30. The SMILES string of the molecule is N=C(N)C1CCCN2CC=NC12C(=N)N. The van der Waals surface area contributed by atoms with Crippen molar-refractivity contribution < 1.29 is 0 Å². The number of aliphatic imine (C=N–C) groups is 1. The molecule has 6 heteroatoms. The summed E-state index contributed by atoms with van der Waals surface area (Å²) in [5, 5.41) is 15.3. The quantitative estimate of drug-likeness (QED) is 0.357. The Hall–Kier alpha value is -1.43. The summed E-state index contributed by atoms with van der Waals surface area (Å²) in [5.41, 5.74) is 10.4. The predicted octanol–water partition coefficient (Wildman–Crippen LogP) is -0.649. The fraction of sp³-hybridized carbons (Fsp3) is 0.667. The molecule has 1 saturated heterocycles. The third-order valence-corrected chi connectivity index (χ3v) is 3.25. The lowest BCUT2D eigenvalue weighted by Crippen LogP contribution is -2.63. The molecule has 2 atom stereocenters. The molecule has 2 rings (SSSR count). The summed E-state index contributed by atoms with van der Waals surface area (Å²) in [6, 6.07) is 0. The number of rotatable bonds is 2. The van der Waals surface area contributed by atoms with Gasteiger partial charge in [0.05, 0.1) is 11.8 Å². The van der Waals surface area contributed by atoms with Crippen molar-refractivity contribution in [2.75, 3.05) is 13.1 Å². The molecular formula is C9H16N6. The maximum Gasteiger partial charge on any atom is 0.179 e. The van der Waals surface area contributed by atoms with Gasteiger partial charge in [0.15, 0.2) is 5.66 Å². The van der Waals surface area contributed by atoms with Gasteiger partial charge in [-0.2, -0.15) is 0 Å². The van der Waals surface area contributed by atoms with E-state index in [1.54, 1.807) is 6.21 Å². The monoisotopic (exact) mass is 208 g/mol. The van der Waals surface area contributed by atoms with E-state index in [1.807, 2.05) is 4.90 Å². The summed E-state index contributed by atoms with van der Waals surface area (Å²) >= 11 is 0. The maximum absolute atomic E-state index is 7.70. The van der Waals surface area contributed by atoms with Crippen LogP contribution in [0.3, 0.4) is 0 Å². The molecule has 1 fully saturated rings. The summed E-state index contributed by atoms with van der Waals surface area (Å²) in [5.74, 6) is -0.174. The smallest absolute Gasteiger partial charge is 0.179 e. The summed E-state index contributed by atoms with van der Waals surface area (Å²) < 4.78 is 0. The molecule has 0 spiro atoms. The Morgan fingerprint density at radius 3 is 2.80 bits per heavy atom. The van der Waals surface area contributed by atoms with Crippen LogP contribution in [0.5, 0.6) is 0 Å². The van der Waals surface area contributed by atoms with Gasteiger partial charge >= 0.3 is 0 Å². The van der Waals surface area contributed by atoms with E-state index in [0.717, 1.165) is 19.4 Å². The number of fused-ring (bicyclic) bond motifs is 1. The van der Waals surface area contributed by atoms with Crippen LogP contribution in [0.15, 0.2) is 4.99 Å². The molecule has 0 aromatic carbocycles. The van der Waals surface area contributed by atoms with Crippen molar-refractivity contribution in [3.8, 4) is 0 Å². The molecule has 2 aliphatic rings. The van der Waals surface area contributed by atoms with Crippen molar-refractivity contribution in [1.29, 1.82) is 10.8 Å². The minimum Gasteiger partial charge on any atom is -0.387 e. The maximum atomic E-state index is 7.70. The zero-order valence-electron chi connectivity index (χ0n) is 8.53. The molecule has 0 saturated carbocycles. The predicted molar refractivity (Wildman–Crippen MR) is 59.3 cm³/mol. The minimum atomic E-state index is -0.857. The fourth-order valence-electron chi connectivity index (χ4n) is 2.56. The van der Waals surface area contributed by atoms with Crippen molar-refractivity contribution >= 4 is 17.9 Å². The molecule has 0 aromatic rings. The van der Waals surface area contributed by atoms with Gasteiger partial charge in [0.25, 0.3) is 0 Å². The number of hydrogen-bond donors (Lipinski definition) is 4. The first-order chi connectivity index (χ1) is 7.09. The second-order valence-corrected chi connectivity index (χ2v) is 4.05. The minimum absolute atomic E-state index is 0.00356. The van der Waals surface area contributed by atoms with Crippen LogP contribution in [0.25, 0.3) is 0 Å². The van der Waals surface area contributed by atoms with Crippen LogP contribution in [0.2, 0.25) is 0 Å². The first-order valence-electron chi connectivity index (χ1n) is 5.06. The van der Waals surface area contributed by atoms with E-state index in [0.29, 0.717) is 6.54 Å². The highest BCUT2D eigenvalue weighted by Gasteiger charge is 2.52. The Labute approximate surface area is 88.4 Å². The third kappa shape index (κ3) is 1.25. The lowest BCUT2D eigenvalue weighted by atomic mass is 9.82. The largest absolute Gasteiger partial charge is 0.387 e. The topological polar surface area (TPSA) is 115 Å². The number of hydrogen-bond acceptors (Lipinski definition) is 4. The fourth-order valence-corrected chi connectivity index (χ4v) is 2.56. The molecule has 2 heterocycles. The molecule has 6 nitrogen and oxygen atoms in total. The molecule has 0 radical (unpaired) electrons. The Morgan fingerprint density at radius 1 is 1.47 bits per heavy atom. The van der Waals surface area contributed by atoms with E-state index in [2.05, 4.69) is 4.99 Å². The van der Waals surface area contributed by atoms with Crippen LogP contribution in [0.1, 0.15) is 12.8 Å². The van der Waals surface area contributed by atoms with Crippen LogP contribution < -0.4 is 11.5 Å². The van der Waals surface area contributed by atoms with E-state index in [-0.39, 0.29) is 17.6 Å². The molecule has 2 aliphatic heterocycles. The van der Waals surface area contributed by atoms with Gasteiger partial charge in [-0.25, -0.2) is 0 Å². The molecule has 15 heavy (non-hydrogen) atoms. The van der Waals surface area contributed by atoms with E-state index < -0.39 is 5.66 Å². The Bertz CT molecular complexity index is 335. The number of nitrogens with zero attached hydrogens (tertiary/aromatic N) is 2. The molecule has 2 unspecified atom stereocenters. The third-order valence-electron chi connectivity index (χ3n) is 3.25. The molecule has 0 aliphatic carbocycles. The number of piperidine rings is 1. The Balaban J connectivity index is 2.42. The van der Waals surface area contributed by atoms with Crippen LogP contribution >= 0.6 is 0 Å². The van der Waals surface area contributed by atoms with Crippen LogP contribution in [0, 0.1) is 16.7 Å². The van der Waals surface area contributed by atoms with Gasteiger partial charge in [0.1, 0.15) is 5.84 Å². The lowest BCUT2D eigenvalue weighted by Gasteiger charge is -2.44. The molecule has 6 N–H and O–H groups in total. The van der Waals surface area contributed by atoms with Crippen LogP contribution in [-0.4, -0.2) is 41.5 Å². The second-order valence-electron chi connectivity index (χ2n) is 4.05. The van der Waals surface area contributed by atoms with Crippen molar-refractivity contribution in [2.45, 2.75) is 18.5 Å². The highest BCUT2D eigenvalue weighted by molar-refractivity contribution is 5.97. The molecule has 0 bridgehead atoms. The average molecular weight is 208 g/mol. The van der Waals surface area contributed by atoms with E-state index in [9.17, 15) is 0 Å². The van der Waals surface area contributed by atoms with E-state index in [1.165, 1.54) is 0 Å². The normalized spacial score (nSPS) is 35.1. The number of nitrogens with one attached hydrogen (secondary N) is 2. The van der Waals surface area contributed by atoms with Crippen molar-refractivity contribution in [3.05, 3.63) is 0 Å². The van der Waals surface area contributed by atoms with E-state index in [4.69, 9.17) is 22.3 Å². The van der Waals surface area contributed by atoms with Gasteiger partial charge in [-0.05, 0) is 12.8 Å². The number of nitrogens with two attached hydrogens (primary N) is 2. The highest BCUT2D eigenvalue weighted by atomic mass is 15.4. The summed E-state index contributed by atoms with van der Waals surface area (Å²) in [6.07, 6.45) is 3.52. The van der Waals surface area contributed by atoms with E-state index >= 15 is 0 Å². The van der Waals surface area contributed by atoms with Crippen LogP contribution in [-0.2, 0) is 0 Å². The summed E-state index contributed by atoms with van der Waals surface area (Å²) in [6.45, 7) is 1.56. The van der Waals surface area contributed by atoms with Crippen molar-refractivity contribution in [1.82, 2.24) is 4.90 Å². The van der Waals surface area contributed by atoms with Gasteiger partial charge < -0.3 is 11.5 Å². The number of amidine groups is 2. The Morgan fingerprint density at radius 2 is 2.20 bits per heavy atom. The van der Waals surface area contributed by atoms with Gasteiger partial charge in [0, 0.05) is 19.3 Å². The molecule has 0 aromatic heterocycles. The summed E-state index contributed by atoms with van der Waals surface area (Å²) in [4.78, 5) is 6.35. The van der Waals surface area contributed by atoms with Gasteiger partial charge in [-0.3, -0.25) is 20.7 Å². The van der Waals surface area contributed by atoms with Gasteiger partial charge in [-0.1, -0.05) is 0 Å². The molecule has 0 amide bonds. The van der Waals surface area contributed by atoms with Crippen molar-refractivity contribution in [3.63, 3.8) is 0 Å². The lowest BCUT2D eigenvalue weighted by molar-refractivity contribution is 0.113. The molecular weight excluding hydrogens is 192 g/mol. The Kier molecular flexibility index (Phi) is 2.22. The zero-order chi connectivity index (χ0) is 11.1. The highest BCUT2D eigenvalue weighted by Crippen LogP contribution is 2.36. The van der Waals surface area contributed by atoms with Gasteiger partial charge in [-0.15, -0.1) is 0 Å². The first kappa shape index (κ1) is 10.1. The standard InChI is InChI=1S/C9H16N6/c10-7(11)6-2-1-4-15-5-3-14-9(6,15)8(12)13/h3,6H,1-2,4-5H2,(H3,10,11)(H3,12,13).